The number of nitrogens with one attached hydrogen (secondary N) is 2. The molecule has 2 N–H and O–H groups in total. The molecule has 2 saturated heterocycles. The Labute approximate surface area is 185 Å². The van der Waals surface area contributed by atoms with Gasteiger partial charge < -0.3 is 9.64 Å². The highest BCUT2D eigenvalue weighted by atomic mass is 32.2. The summed E-state index contributed by atoms with van der Waals surface area (Å²) < 4.78 is 31.9. The van der Waals surface area contributed by atoms with Crippen LogP contribution in [-0.2, 0) is 14.8 Å². The predicted octanol–water partition coefficient (Wildman–Crippen LogP) is 1.20. The van der Waals surface area contributed by atoms with Gasteiger partial charge in [-0.1, -0.05) is 0 Å². The van der Waals surface area contributed by atoms with Gasteiger partial charge in [0, 0.05) is 43.7 Å². The van der Waals surface area contributed by atoms with Crippen LogP contribution in [0.25, 0.3) is 0 Å². The van der Waals surface area contributed by atoms with Crippen molar-refractivity contribution < 1.29 is 13.2 Å². The van der Waals surface area contributed by atoms with E-state index in [1.54, 1.807) is 10.6 Å². The first-order chi connectivity index (χ1) is 14.7. The molecule has 1 aromatic rings. The van der Waals surface area contributed by atoms with Crippen molar-refractivity contribution in [1.29, 1.82) is 0 Å². The van der Waals surface area contributed by atoms with Crippen molar-refractivity contribution >= 4 is 15.8 Å². The molecule has 0 radical (unpaired) electrons. The van der Waals surface area contributed by atoms with Crippen LogP contribution in [0.2, 0.25) is 0 Å². The Hall–Kier alpha value is -1.33. The van der Waals surface area contributed by atoms with Gasteiger partial charge in [0.25, 0.3) is 0 Å². The quantitative estimate of drug-likeness (QED) is 0.690. The average molecular weight is 451 g/mol. The summed E-state index contributed by atoms with van der Waals surface area (Å²) in [6, 6.07) is 2.54. The number of nitrogens with zero attached hydrogens (tertiary/aromatic N) is 4. The first-order valence-electron chi connectivity index (χ1n) is 11.4. The lowest BCUT2D eigenvalue weighted by Crippen LogP contribution is -2.53. The number of hydrazine groups is 1. The van der Waals surface area contributed by atoms with Gasteiger partial charge in [-0.05, 0) is 46.0 Å². The van der Waals surface area contributed by atoms with Gasteiger partial charge in [0.1, 0.15) is 12.1 Å². The Morgan fingerprint density at radius 1 is 1.19 bits per heavy atom. The molecule has 4 fully saturated rings. The summed E-state index contributed by atoms with van der Waals surface area (Å²) in [4.78, 5) is 11.3. The average Bonchev–Trinajstić information content (AvgIpc) is 3.30. The van der Waals surface area contributed by atoms with E-state index >= 15 is 0 Å². The smallest absolute Gasteiger partial charge is 0.211 e. The molecule has 9 nitrogen and oxygen atoms in total. The van der Waals surface area contributed by atoms with Crippen LogP contribution in [-0.4, -0.2) is 72.4 Å². The fraction of sp³-hybridized carbons (Fsp3) is 0.810. The number of fused-ring (bicyclic) bond motifs is 1. The third kappa shape index (κ3) is 4.45. The Morgan fingerprint density at radius 3 is 2.71 bits per heavy atom. The van der Waals surface area contributed by atoms with Crippen molar-refractivity contribution in [2.24, 2.45) is 5.92 Å². The largest absolute Gasteiger partial charge is 0.372 e. The van der Waals surface area contributed by atoms with Crippen LogP contribution in [0.1, 0.15) is 57.7 Å². The van der Waals surface area contributed by atoms with E-state index in [1.165, 1.54) is 19.1 Å². The predicted molar refractivity (Wildman–Crippen MR) is 118 cm³/mol. The molecule has 0 bridgehead atoms. The molecule has 5 atom stereocenters. The van der Waals surface area contributed by atoms with Crippen LogP contribution < -0.4 is 15.8 Å². The van der Waals surface area contributed by atoms with E-state index in [-0.39, 0.29) is 17.7 Å². The van der Waals surface area contributed by atoms with Gasteiger partial charge in [-0.15, -0.1) is 0 Å². The van der Waals surface area contributed by atoms with Crippen molar-refractivity contribution in [3.63, 3.8) is 0 Å². The molecule has 2 aliphatic heterocycles. The molecule has 3 heterocycles. The van der Waals surface area contributed by atoms with Crippen molar-refractivity contribution in [2.75, 3.05) is 30.8 Å². The zero-order valence-corrected chi connectivity index (χ0v) is 19.4. The molecule has 5 rings (SSSR count). The van der Waals surface area contributed by atoms with Crippen LogP contribution >= 0.6 is 0 Å². The van der Waals surface area contributed by atoms with E-state index in [9.17, 15) is 8.42 Å². The second kappa shape index (κ2) is 7.91. The molecule has 1 aromatic heterocycles. The molecule has 172 valence electrons. The third-order valence-electron chi connectivity index (χ3n) is 7.42. The molecule has 10 heteroatoms. The second-order valence-corrected chi connectivity index (χ2v) is 11.9. The second-order valence-electron chi connectivity index (χ2n) is 10.0. The van der Waals surface area contributed by atoms with E-state index < -0.39 is 10.0 Å². The van der Waals surface area contributed by atoms with Crippen LogP contribution in [0.15, 0.2) is 12.4 Å². The maximum Gasteiger partial charge on any atom is 0.211 e. The topological polar surface area (TPSA) is 99.7 Å². The molecule has 0 spiro atoms. The minimum absolute atomic E-state index is 0.0853. The lowest BCUT2D eigenvalue weighted by molar-refractivity contribution is -0.0500. The van der Waals surface area contributed by atoms with Gasteiger partial charge in [0.05, 0.1) is 29.7 Å². The number of piperazine rings is 1. The first kappa shape index (κ1) is 21.5. The fourth-order valence-electron chi connectivity index (χ4n) is 5.46. The Bertz CT molecular complexity index is 923. The van der Waals surface area contributed by atoms with Crippen molar-refractivity contribution in [3.8, 4) is 0 Å². The summed E-state index contributed by atoms with van der Waals surface area (Å²) in [5.41, 5.74) is 8.06. The standard InChI is InChI=1S/C21H34N6O3S/c1-14-12-26(8-9-27(14)31(3,28)29)19-11-18(22-13-23-19)20-16-10-15(30-21(2)6-7-21)4-5-17(16)24-25-20/h11,13-17,20,24-25H,4-10,12H2,1-3H3/t14-,15?,16?,17?,20?/m0/s1. The van der Waals surface area contributed by atoms with Crippen LogP contribution in [0.4, 0.5) is 5.82 Å². The van der Waals surface area contributed by atoms with E-state index in [2.05, 4.69) is 38.7 Å². The lowest BCUT2D eigenvalue weighted by atomic mass is 9.79. The molecule has 4 unspecified atom stereocenters. The summed E-state index contributed by atoms with van der Waals surface area (Å²) in [5, 5.41) is 0. The molecule has 2 saturated carbocycles. The Balaban J connectivity index is 1.29. The number of hydrogen-bond donors (Lipinski definition) is 2. The minimum Gasteiger partial charge on any atom is -0.372 e. The van der Waals surface area contributed by atoms with Crippen molar-refractivity contribution in [1.82, 2.24) is 25.1 Å². The number of sulfonamides is 1. The maximum absolute atomic E-state index is 12.0. The Kier molecular flexibility index (Phi) is 5.49. The van der Waals surface area contributed by atoms with Crippen LogP contribution in [0.5, 0.6) is 0 Å². The molecule has 31 heavy (non-hydrogen) atoms. The van der Waals surface area contributed by atoms with Gasteiger partial charge in [-0.25, -0.2) is 23.8 Å². The highest BCUT2D eigenvalue weighted by Crippen LogP contribution is 2.45. The van der Waals surface area contributed by atoms with E-state index in [4.69, 9.17) is 4.74 Å². The summed E-state index contributed by atoms with van der Waals surface area (Å²) in [6.07, 6.45) is 8.85. The maximum atomic E-state index is 12.0. The number of anilines is 1. The van der Waals surface area contributed by atoms with Crippen LogP contribution in [0.3, 0.4) is 0 Å². The molecular formula is C21H34N6O3S. The normalized spacial score (nSPS) is 35.7. The van der Waals surface area contributed by atoms with Gasteiger partial charge in [0.15, 0.2) is 0 Å². The van der Waals surface area contributed by atoms with Crippen LogP contribution in [0, 0.1) is 5.92 Å². The molecule has 2 aliphatic carbocycles. The highest BCUT2D eigenvalue weighted by Gasteiger charge is 2.46. The highest BCUT2D eigenvalue weighted by molar-refractivity contribution is 7.88. The molecular weight excluding hydrogens is 416 g/mol. The van der Waals surface area contributed by atoms with Gasteiger partial charge in [0.2, 0.25) is 10.0 Å². The summed E-state index contributed by atoms with van der Waals surface area (Å²) >= 11 is 0. The number of aromatic nitrogens is 2. The third-order valence-corrected chi connectivity index (χ3v) is 8.81. The SMILES string of the molecule is C[C@H]1CN(c2cc(C3NNC4CCC(OC5(C)CC5)CC43)ncn2)CCN1S(C)(=O)=O. The Morgan fingerprint density at radius 2 is 2.00 bits per heavy atom. The van der Waals surface area contributed by atoms with Crippen molar-refractivity contribution in [3.05, 3.63) is 18.1 Å². The first-order valence-corrected chi connectivity index (χ1v) is 13.3. The summed E-state index contributed by atoms with van der Waals surface area (Å²) in [5.74, 6) is 1.30. The number of rotatable bonds is 5. The molecule has 4 aliphatic rings. The van der Waals surface area contributed by atoms with E-state index in [0.29, 0.717) is 37.7 Å². The van der Waals surface area contributed by atoms with Gasteiger partial charge in [-0.2, -0.15) is 4.31 Å². The summed E-state index contributed by atoms with van der Waals surface area (Å²) in [6.45, 7) is 5.91. The zero-order chi connectivity index (χ0) is 21.8. The van der Waals surface area contributed by atoms with E-state index in [1.807, 2.05) is 6.92 Å². The zero-order valence-electron chi connectivity index (χ0n) is 18.6. The van der Waals surface area contributed by atoms with Gasteiger partial charge >= 0.3 is 0 Å². The minimum atomic E-state index is -3.19. The van der Waals surface area contributed by atoms with Gasteiger partial charge in [-0.3, -0.25) is 5.43 Å². The monoisotopic (exact) mass is 450 g/mol. The van der Waals surface area contributed by atoms with Crippen molar-refractivity contribution in [2.45, 2.75) is 75.8 Å². The molecule has 0 amide bonds. The van der Waals surface area contributed by atoms with E-state index in [0.717, 1.165) is 30.8 Å². The lowest BCUT2D eigenvalue weighted by Gasteiger charge is -2.39. The molecule has 0 aromatic carbocycles. The number of ether oxygens (including phenoxy) is 1. The fourth-order valence-corrected chi connectivity index (χ4v) is 6.59. The summed E-state index contributed by atoms with van der Waals surface area (Å²) in [7, 11) is -3.19. The number of hydrogen-bond acceptors (Lipinski definition) is 8.